The van der Waals surface area contributed by atoms with Gasteiger partial charge in [0.1, 0.15) is 5.69 Å². The second-order valence-corrected chi connectivity index (χ2v) is 4.48. The Kier molecular flexibility index (Phi) is 1.45. The van der Waals surface area contributed by atoms with E-state index in [-0.39, 0.29) is 5.78 Å². The van der Waals surface area contributed by atoms with Crippen LogP contribution in [0.25, 0.3) is 0 Å². The molecule has 1 aromatic rings. The van der Waals surface area contributed by atoms with Crippen LogP contribution in [0, 0.1) is 11.8 Å². The Morgan fingerprint density at radius 3 is 3.07 bits per heavy atom. The van der Waals surface area contributed by atoms with E-state index in [1.165, 1.54) is 17.7 Å². The third-order valence-corrected chi connectivity index (χ3v) is 3.81. The molecule has 2 aliphatic rings. The zero-order valence-electron chi connectivity index (χ0n) is 8.50. The third-order valence-electron chi connectivity index (χ3n) is 3.81. The molecule has 3 rings (SSSR count). The number of hydrogen-bond acceptors (Lipinski definition) is 2. The molecule has 2 aliphatic carbocycles. The number of aromatic nitrogens is 2. The fourth-order valence-electron chi connectivity index (χ4n) is 3.07. The van der Waals surface area contributed by atoms with Gasteiger partial charge in [0.2, 0.25) is 0 Å². The zero-order chi connectivity index (χ0) is 9.87. The first-order valence-corrected chi connectivity index (χ1v) is 5.32. The van der Waals surface area contributed by atoms with Crippen molar-refractivity contribution in [2.75, 3.05) is 0 Å². The molecule has 0 bridgehead atoms. The number of carbonyl (C=O) groups is 1. The van der Waals surface area contributed by atoms with Crippen molar-refractivity contribution in [1.29, 1.82) is 0 Å². The number of nitrogens with one attached hydrogen (secondary N) is 1. The van der Waals surface area contributed by atoms with Gasteiger partial charge in [-0.2, -0.15) is 5.10 Å². The van der Waals surface area contributed by atoms with Crippen molar-refractivity contribution < 1.29 is 4.79 Å². The van der Waals surface area contributed by atoms with E-state index < -0.39 is 0 Å². The Bertz CT molecular complexity index is 407. The van der Waals surface area contributed by atoms with Gasteiger partial charge in [0, 0.05) is 18.4 Å². The third kappa shape index (κ3) is 0.825. The van der Waals surface area contributed by atoms with Crippen molar-refractivity contribution in [1.82, 2.24) is 10.2 Å². The molecule has 0 aliphatic heterocycles. The number of carbonyl (C=O) groups excluding carboxylic acids is 1. The molecule has 1 heterocycles. The minimum Gasteiger partial charge on any atom is -0.293 e. The summed E-state index contributed by atoms with van der Waals surface area (Å²) in [6.45, 7) is 3.84. The van der Waals surface area contributed by atoms with E-state index in [9.17, 15) is 4.79 Å². The smallest absolute Gasteiger partial charge is 0.177 e. The summed E-state index contributed by atoms with van der Waals surface area (Å²) in [7, 11) is 0. The number of aromatic amines is 1. The Labute approximate surface area is 82.9 Å². The highest BCUT2D eigenvalue weighted by molar-refractivity contribution is 5.94. The number of nitrogens with zero attached hydrogens (tertiary/aromatic N) is 1. The van der Waals surface area contributed by atoms with Gasteiger partial charge in [-0.1, -0.05) is 13.3 Å². The van der Waals surface area contributed by atoms with Crippen molar-refractivity contribution in [3.05, 3.63) is 17.0 Å². The molecule has 1 aromatic heterocycles. The summed E-state index contributed by atoms with van der Waals surface area (Å²) in [6.07, 6.45) is 2.32. The Morgan fingerprint density at radius 2 is 2.43 bits per heavy atom. The molecule has 74 valence electrons. The summed E-state index contributed by atoms with van der Waals surface area (Å²) in [5.41, 5.74) is 3.14. The highest BCUT2D eigenvalue weighted by atomic mass is 16.1. The number of Topliss-reactive ketones (excluding diaryl/α,β-unsaturated/α-hetero) is 1. The van der Waals surface area contributed by atoms with Crippen LogP contribution in [0.1, 0.15) is 47.9 Å². The van der Waals surface area contributed by atoms with Crippen LogP contribution in [0.15, 0.2) is 0 Å². The molecule has 0 aromatic carbocycles. The van der Waals surface area contributed by atoms with Gasteiger partial charge in [0.25, 0.3) is 0 Å². The summed E-state index contributed by atoms with van der Waals surface area (Å²) >= 11 is 0. The summed E-state index contributed by atoms with van der Waals surface area (Å²) in [6, 6.07) is 0. The molecular formula is C11H14N2O. The van der Waals surface area contributed by atoms with Crippen LogP contribution in [0.3, 0.4) is 0 Å². The lowest BCUT2D eigenvalue weighted by molar-refractivity contribution is 0.101. The second kappa shape index (κ2) is 2.47. The van der Waals surface area contributed by atoms with Gasteiger partial charge in [0.05, 0.1) is 5.69 Å². The van der Waals surface area contributed by atoms with E-state index in [2.05, 4.69) is 17.1 Å². The van der Waals surface area contributed by atoms with Gasteiger partial charge in [-0.15, -0.1) is 0 Å². The maximum absolute atomic E-state index is 11.3. The minimum atomic E-state index is 0.119. The highest BCUT2D eigenvalue weighted by Gasteiger charge is 2.56. The maximum atomic E-state index is 11.3. The normalized spacial score (nSPS) is 32.6. The lowest BCUT2D eigenvalue weighted by atomic mass is 10.0. The first-order valence-electron chi connectivity index (χ1n) is 5.32. The zero-order valence-corrected chi connectivity index (χ0v) is 8.50. The largest absolute Gasteiger partial charge is 0.293 e. The molecule has 3 heteroatoms. The Morgan fingerprint density at radius 1 is 1.64 bits per heavy atom. The van der Waals surface area contributed by atoms with E-state index in [0.717, 1.165) is 24.0 Å². The molecule has 3 nitrogen and oxygen atoms in total. The van der Waals surface area contributed by atoms with Crippen molar-refractivity contribution in [3.63, 3.8) is 0 Å². The molecule has 1 N–H and O–H groups in total. The average Bonchev–Trinajstić information content (AvgIpc) is 2.55. The maximum Gasteiger partial charge on any atom is 0.177 e. The standard InChI is InChI=1S/C11H14N2O/c1-3-6-7-4-8-10(5(2)14)12-13-11(8)9(6)7/h6-7,9H,3-4H2,1-2H3,(H,12,13). The van der Waals surface area contributed by atoms with Crippen LogP contribution >= 0.6 is 0 Å². The number of hydrogen-bond donors (Lipinski definition) is 1. The monoisotopic (exact) mass is 190 g/mol. The van der Waals surface area contributed by atoms with Crippen molar-refractivity contribution in [2.45, 2.75) is 32.6 Å². The van der Waals surface area contributed by atoms with E-state index in [1.807, 2.05) is 0 Å². The van der Waals surface area contributed by atoms with Crippen LogP contribution < -0.4 is 0 Å². The summed E-state index contributed by atoms with van der Waals surface area (Å²) in [5, 5.41) is 7.17. The quantitative estimate of drug-likeness (QED) is 0.724. The van der Waals surface area contributed by atoms with Gasteiger partial charge in [0.15, 0.2) is 5.78 Å². The SMILES string of the molecule is CCC1C2Cc3c(n[nH]c3C(C)=O)C12. The van der Waals surface area contributed by atoms with E-state index in [1.54, 1.807) is 6.92 Å². The van der Waals surface area contributed by atoms with Crippen LogP contribution in [0.2, 0.25) is 0 Å². The second-order valence-electron chi connectivity index (χ2n) is 4.48. The van der Waals surface area contributed by atoms with Crippen LogP contribution in [0.4, 0.5) is 0 Å². The Hall–Kier alpha value is -1.12. The molecule has 0 spiro atoms. The molecule has 3 atom stereocenters. The molecule has 1 saturated carbocycles. The molecular weight excluding hydrogens is 176 g/mol. The predicted molar refractivity (Wildman–Crippen MR) is 52.3 cm³/mol. The number of ketones is 1. The van der Waals surface area contributed by atoms with Gasteiger partial charge in [-0.25, -0.2) is 0 Å². The van der Waals surface area contributed by atoms with Gasteiger partial charge >= 0.3 is 0 Å². The lowest BCUT2D eigenvalue weighted by Crippen LogP contribution is -1.99. The van der Waals surface area contributed by atoms with E-state index >= 15 is 0 Å². The molecule has 0 amide bonds. The van der Waals surface area contributed by atoms with E-state index in [4.69, 9.17) is 0 Å². The summed E-state index contributed by atoms with van der Waals surface area (Å²) < 4.78 is 0. The lowest BCUT2D eigenvalue weighted by Gasteiger charge is -1.99. The molecule has 1 fully saturated rings. The van der Waals surface area contributed by atoms with Gasteiger partial charge in [-0.3, -0.25) is 9.89 Å². The molecule has 14 heavy (non-hydrogen) atoms. The van der Waals surface area contributed by atoms with E-state index in [0.29, 0.717) is 5.92 Å². The van der Waals surface area contributed by atoms with Crippen LogP contribution in [0.5, 0.6) is 0 Å². The van der Waals surface area contributed by atoms with Crippen LogP contribution in [-0.2, 0) is 6.42 Å². The first kappa shape index (κ1) is 8.21. The van der Waals surface area contributed by atoms with Crippen molar-refractivity contribution >= 4 is 5.78 Å². The molecule has 0 saturated heterocycles. The van der Waals surface area contributed by atoms with Gasteiger partial charge < -0.3 is 0 Å². The topological polar surface area (TPSA) is 45.8 Å². The predicted octanol–water partition coefficient (Wildman–Crippen LogP) is 1.91. The minimum absolute atomic E-state index is 0.119. The van der Waals surface area contributed by atoms with Crippen molar-refractivity contribution in [2.24, 2.45) is 11.8 Å². The number of fused-ring (bicyclic) bond motifs is 3. The number of H-pyrrole nitrogens is 1. The fraction of sp³-hybridized carbons (Fsp3) is 0.636. The summed E-state index contributed by atoms with van der Waals surface area (Å²) in [4.78, 5) is 11.3. The first-order chi connectivity index (χ1) is 6.74. The molecule has 3 unspecified atom stereocenters. The average molecular weight is 190 g/mol. The van der Waals surface area contributed by atoms with Crippen LogP contribution in [-0.4, -0.2) is 16.0 Å². The summed E-state index contributed by atoms with van der Waals surface area (Å²) in [5.74, 6) is 2.42. The highest BCUT2D eigenvalue weighted by Crippen LogP contribution is 2.62. The number of rotatable bonds is 2. The Balaban J connectivity index is 1.99. The van der Waals surface area contributed by atoms with Gasteiger partial charge in [-0.05, 0) is 18.3 Å². The molecule has 0 radical (unpaired) electrons. The fourth-order valence-corrected chi connectivity index (χ4v) is 3.07. The van der Waals surface area contributed by atoms with Crippen molar-refractivity contribution in [3.8, 4) is 0 Å².